The van der Waals surface area contributed by atoms with Crippen LogP contribution in [0.25, 0.3) is 0 Å². The summed E-state index contributed by atoms with van der Waals surface area (Å²) in [5, 5.41) is 11.4. The number of nitriles is 1. The van der Waals surface area contributed by atoms with E-state index >= 15 is 0 Å². The molecule has 1 amide bonds. The maximum Gasteiger partial charge on any atom is 0.237 e. The Bertz CT molecular complexity index is 423. The first-order valence-electron chi connectivity index (χ1n) is 5.68. The van der Waals surface area contributed by atoms with Gasteiger partial charge in [-0.15, -0.1) is 0 Å². The third-order valence-corrected chi connectivity index (χ3v) is 2.48. The molecule has 1 atom stereocenters. The monoisotopic (exact) mass is 247 g/mol. The van der Waals surface area contributed by atoms with Gasteiger partial charge in [0, 0.05) is 13.7 Å². The second-order valence-corrected chi connectivity index (χ2v) is 3.90. The van der Waals surface area contributed by atoms with Crippen LogP contribution in [-0.2, 0) is 16.0 Å². The first-order valence-corrected chi connectivity index (χ1v) is 5.68. The predicted octanol–water partition coefficient (Wildman–Crippen LogP) is 0.191. The van der Waals surface area contributed by atoms with E-state index in [1.165, 1.54) is 0 Å². The van der Waals surface area contributed by atoms with E-state index in [2.05, 4.69) is 5.32 Å². The third-order valence-electron chi connectivity index (χ3n) is 2.48. The Morgan fingerprint density at radius 1 is 1.50 bits per heavy atom. The number of nitrogens with zero attached hydrogens (tertiary/aromatic N) is 1. The molecule has 0 fully saturated rings. The number of nitrogens with one attached hydrogen (secondary N) is 1. The topological polar surface area (TPSA) is 88.1 Å². The van der Waals surface area contributed by atoms with E-state index in [-0.39, 0.29) is 5.91 Å². The van der Waals surface area contributed by atoms with Gasteiger partial charge in [0.05, 0.1) is 24.3 Å². The standard InChI is InChI=1S/C13H17N3O2/c1-18-7-6-16-13(17)12(15)8-10-2-4-11(9-14)5-3-10/h2-5,12H,6-8,15H2,1H3,(H,16,17)/t12-/m0/s1. The quantitative estimate of drug-likeness (QED) is 0.702. The summed E-state index contributed by atoms with van der Waals surface area (Å²) in [5.41, 5.74) is 7.31. The average Bonchev–Trinajstić information content (AvgIpc) is 2.39. The number of hydrogen-bond acceptors (Lipinski definition) is 4. The highest BCUT2D eigenvalue weighted by molar-refractivity contribution is 5.81. The molecule has 0 aliphatic heterocycles. The summed E-state index contributed by atoms with van der Waals surface area (Å²) in [4.78, 5) is 11.6. The Balaban J connectivity index is 2.45. The lowest BCUT2D eigenvalue weighted by Crippen LogP contribution is -2.43. The normalized spacial score (nSPS) is 11.6. The fourth-order valence-corrected chi connectivity index (χ4v) is 1.47. The van der Waals surface area contributed by atoms with Crippen LogP contribution in [0.4, 0.5) is 0 Å². The second kappa shape index (κ2) is 7.43. The maximum atomic E-state index is 11.6. The Kier molecular flexibility index (Phi) is 5.85. The number of methoxy groups -OCH3 is 1. The lowest BCUT2D eigenvalue weighted by Gasteiger charge is -2.12. The van der Waals surface area contributed by atoms with Crippen molar-refractivity contribution in [1.29, 1.82) is 5.26 Å². The molecule has 0 bridgehead atoms. The van der Waals surface area contributed by atoms with Gasteiger partial charge in [-0.3, -0.25) is 4.79 Å². The van der Waals surface area contributed by atoms with Crippen molar-refractivity contribution in [3.8, 4) is 6.07 Å². The summed E-state index contributed by atoms with van der Waals surface area (Å²) >= 11 is 0. The average molecular weight is 247 g/mol. The summed E-state index contributed by atoms with van der Waals surface area (Å²) in [7, 11) is 1.57. The van der Waals surface area contributed by atoms with E-state index in [0.717, 1.165) is 5.56 Å². The Morgan fingerprint density at radius 2 is 2.17 bits per heavy atom. The predicted molar refractivity (Wildman–Crippen MR) is 67.7 cm³/mol. The lowest BCUT2D eigenvalue weighted by molar-refractivity contribution is -0.122. The van der Waals surface area contributed by atoms with Crippen LogP contribution in [0.2, 0.25) is 0 Å². The molecule has 5 nitrogen and oxygen atoms in total. The molecule has 0 saturated carbocycles. The minimum Gasteiger partial charge on any atom is -0.383 e. The second-order valence-electron chi connectivity index (χ2n) is 3.90. The highest BCUT2D eigenvalue weighted by Gasteiger charge is 2.13. The minimum absolute atomic E-state index is 0.198. The van der Waals surface area contributed by atoms with Crippen molar-refractivity contribution in [2.75, 3.05) is 20.3 Å². The fourth-order valence-electron chi connectivity index (χ4n) is 1.47. The van der Waals surface area contributed by atoms with E-state index in [9.17, 15) is 4.79 Å². The van der Waals surface area contributed by atoms with Crippen molar-refractivity contribution in [2.45, 2.75) is 12.5 Å². The SMILES string of the molecule is COCCNC(=O)[C@@H](N)Cc1ccc(C#N)cc1. The van der Waals surface area contributed by atoms with Gasteiger partial charge in [0.25, 0.3) is 0 Å². The van der Waals surface area contributed by atoms with Crippen molar-refractivity contribution in [3.05, 3.63) is 35.4 Å². The van der Waals surface area contributed by atoms with Gasteiger partial charge in [0.2, 0.25) is 5.91 Å². The molecule has 96 valence electrons. The Hall–Kier alpha value is -1.90. The minimum atomic E-state index is -0.588. The molecule has 1 rings (SSSR count). The molecule has 0 radical (unpaired) electrons. The smallest absolute Gasteiger partial charge is 0.237 e. The number of carbonyl (C=O) groups is 1. The summed E-state index contributed by atoms with van der Waals surface area (Å²) < 4.78 is 4.83. The van der Waals surface area contributed by atoms with E-state index in [1.807, 2.05) is 6.07 Å². The van der Waals surface area contributed by atoms with Crippen molar-refractivity contribution in [1.82, 2.24) is 5.32 Å². The Labute approximate surface area is 107 Å². The van der Waals surface area contributed by atoms with Gasteiger partial charge >= 0.3 is 0 Å². The molecule has 3 N–H and O–H groups in total. The highest BCUT2D eigenvalue weighted by atomic mass is 16.5. The third kappa shape index (κ3) is 4.53. The number of amides is 1. The van der Waals surface area contributed by atoms with Crippen molar-refractivity contribution < 1.29 is 9.53 Å². The molecule has 0 heterocycles. The Morgan fingerprint density at radius 3 is 2.72 bits per heavy atom. The largest absolute Gasteiger partial charge is 0.383 e. The maximum absolute atomic E-state index is 11.6. The number of benzene rings is 1. The lowest BCUT2D eigenvalue weighted by atomic mass is 10.0. The number of nitrogens with two attached hydrogens (primary N) is 1. The molecule has 1 aromatic carbocycles. The molecular formula is C13H17N3O2. The summed E-state index contributed by atoms with van der Waals surface area (Å²) in [6, 6.07) is 8.49. The van der Waals surface area contributed by atoms with Crippen molar-refractivity contribution in [3.63, 3.8) is 0 Å². The van der Waals surface area contributed by atoms with Crippen LogP contribution < -0.4 is 11.1 Å². The van der Waals surface area contributed by atoms with Gasteiger partial charge in [-0.1, -0.05) is 12.1 Å². The van der Waals surface area contributed by atoms with Gasteiger partial charge < -0.3 is 15.8 Å². The van der Waals surface area contributed by atoms with E-state index < -0.39 is 6.04 Å². The van der Waals surface area contributed by atoms with Gasteiger partial charge in [-0.2, -0.15) is 5.26 Å². The number of hydrogen-bond donors (Lipinski definition) is 2. The molecule has 0 aliphatic rings. The summed E-state index contributed by atoms with van der Waals surface area (Å²) in [5.74, 6) is -0.198. The summed E-state index contributed by atoms with van der Waals surface area (Å²) in [6.07, 6.45) is 0.449. The van der Waals surface area contributed by atoms with Gasteiger partial charge in [-0.05, 0) is 24.1 Å². The van der Waals surface area contributed by atoms with Gasteiger partial charge in [0.15, 0.2) is 0 Å². The van der Waals surface area contributed by atoms with Crippen LogP contribution in [0.1, 0.15) is 11.1 Å². The van der Waals surface area contributed by atoms with Crippen LogP contribution in [0.3, 0.4) is 0 Å². The van der Waals surface area contributed by atoms with Crippen molar-refractivity contribution in [2.24, 2.45) is 5.73 Å². The molecule has 0 saturated heterocycles. The van der Waals surface area contributed by atoms with E-state index in [1.54, 1.807) is 31.4 Å². The molecule has 0 aliphatic carbocycles. The zero-order chi connectivity index (χ0) is 13.4. The summed E-state index contributed by atoms with van der Waals surface area (Å²) in [6.45, 7) is 0.922. The van der Waals surface area contributed by atoms with Crippen LogP contribution >= 0.6 is 0 Å². The molecule has 1 aromatic rings. The molecule has 0 unspecified atom stereocenters. The van der Waals surface area contributed by atoms with E-state index in [4.69, 9.17) is 15.7 Å². The van der Waals surface area contributed by atoms with Gasteiger partial charge in [-0.25, -0.2) is 0 Å². The van der Waals surface area contributed by atoms with Gasteiger partial charge in [0.1, 0.15) is 0 Å². The molecule has 5 heteroatoms. The number of carbonyl (C=O) groups excluding carboxylic acids is 1. The zero-order valence-corrected chi connectivity index (χ0v) is 10.3. The number of ether oxygens (including phenoxy) is 1. The molecule has 0 spiro atoms. The first kappa shape index (κ1) is 14.2. The fraction of sp³-hybridized carbons (Fsp3) is 0.385. The number of rotatable bonds is 6. The first-order chi connectivity index (χ1) is 8.67. The van der Waals surface area contributed by atoms with Crippen LogP contribution in [0, 0.1) is 11.3 Å². The molecule has 18 heavy (non-hydrogen) atoms. The van der Waals surface area contributed by atoms with Crippen LogP contribution in [0.5, 0.6) is 0 Å². The van der Waals surface area contributed by atoms with Crippen molar-refractivity contribution >= 4 is 5.91 Å². The highest BCUT2D eigenvalue weighted by Crippen LogP contribution is 2.05. The van der Waals surface area contributed by atoms with E-state index in [0.29, 0.717) is 25.1 Å². The molecule has 0 aromatic heterocycles. The molecular weight excluding hydrogens is 230 g/mol. The zero-order valence-electron chi connectivity index (χ0n) is 10.3. The van der Waals surface area contributed by atoms with Crippen LogP contribution in [-0.4, -0.2) is 32.2 Å². The van der Waals surface area contributed by atoms with Crippen LogP contribution in [0.15, 0.2) is 24.3 Å².